The maximum absolute atomic E-state index is 13.4. The van der Waals surface area contributed by atoms with Crippen molar-refractivity contribution >= 4 is 5.91 Å². The number of alkyl halides is 3. The van der Waals surface area contributed by atoms with Gasteiger partial charge < -0.3 is 15.2 Å². The summed E-state index contributed by atoms with van der Waals surface area (Å²) in [7, 11) is 0. The van der Waals surface area contributed by atoms with Crippen LogP contribution in [0.3, 0.4) is 0 Å². The summed E-state index contributed by atoms with van der Waals surface area (Å²) >= 11 is 0. The summed E-state index contributed by atoms with van der Waals surface area (Å²) in [5.74, 6) is 0.436. The number of halogens is 3. The van der Waals surface area contributed by atoms with E-state index < -0.39 is 23.8 Å². The summed E-state index contributed by atoms with van der Waals surface area (Å²) in [5.41, 5.74) is -1.65. The fourth-order valence-corrected chi connectivity index (χ4v) is 4.02. The van der Waals surface area contributed by atoms with Crippen molar-refractivity contribution in [3.8, 4) is 0 Å². The molecule has 10 heteroatoms. The Bertz CT molecular complexity index is 731. The smallest absolute Gasteiger partial charge is 0.345 e. The first kappa shape index (κ1) is 17.4. The number of aryl methyl sites for hydroxylation is 1. The van der Waals surface area contributed by atoms with Crippen molar-refractivity contribution in [3.05, 3.63) is 17.2 Å². The topological polar surface area (TPSA) is 85.7 Å². The third-order valence-corrected chi connectivity index (χ3v) is 5.50. The van der Waals surface area contributed by atoms with Gasteiger partial charge in [0.25, 0.3) is 5.91 Å². The number of H-pyrrole nitrogens is 1. The van der Waals surface area contributed by atoms with Gasteiger partial charge in [0.05, 0.1) is 6.04 Å². The second-order valence-corrected chi connectivity index (χ2v) is 7.22. The molecule has 2 saturated heterocycles. The van der Waals surface area contributed by atoms with E-state index in [1.807, 2.05) is 0 Å². The average Bonchev–Trinajstić information content (AvgIpc) is 3.13. The SMILES string of the molecule is Cc1[nH]c(C2CCCNC2)nc1C(=O)N1CCCC1C1(C(F)(F)F)N=N1. The molecule has 0 saturated carbocycles. The lowest BCUT2D eigenvalue weighted by Gasteiger charge is -2.29. The number of imidazole rings is 1. The Kier molecular flexibility index (Phi) is 4.05. The van der Waals surface area contributed by atoms with Crippen molar-refractivity contribution in [1.29, 1.82) is 0 Å². The van der Waals surface area contributed by atoms with E-state index in [0.29, 0.717) is 12.1 Å². The van der Waals surface area contributed by atoms with Gasteiger partial charge in [-0.25, -0.2) is 4.98 Å². The molecule has 1 amide bonds. The van der Waals surface area contributed by atoms with Crippen LogP contribution >= 0.6 is 0 Å². The number of nitrogens with one attached hydrogen (secondary N) is 2. The van der Waals surface area contributed by atoms with E-state index in [2.05, 4.69) is 25.5 Å². The molecule has 7 nitrogen and oxygen atoms in total. The normalized spacial score (nSPS) is 27.8. The van der Waals surface area contributed by atoms with Gasteiger partial charge in [0.2, 0.25) is 0 Å². The van der Waals surface area contributed by atoms with Crippen molar-refractivity contribution in [2.75, 3.05) is 19.6 Å². The molecule has 1 aromatic heterocycles. The monoisotopic (exact) mass is 370 g/mol. The first-order valence-corrected chi connectivity index (χ1v) is 8.92. The summed E-state index contributed by atoms with van der Waals surface area (Å²) < 4.78 is 40.1. The first-order chi connectivity index (χ1) is 12.3. The van der Waals surface area contributed by atoms with Gasteiger partial charge in [-0.3, -0.25) is 4.79 Å². The summed E-state index contributed by atoms with van der Waals surface area (Å²) in [4.78, 5) is 21.8. The van der Waals surface area contributed by atoms with Gasteiger partial charge >= 0.3 is 11.8 Å². The van der Waals surface area contributed by atoms with E-state index in [0.717, 1.165) is 31.8 Å². The van der Waals surface area contributed by atoms with E-state index in [9.17, 15) is 18.0 Å². The highest BCUT2D eigenvalue weighted by Gasteiger charge is 2.70. The highest BCUT2D eigenvalue weighted by atomic mass is 19.4. The molecule has 0 aromatic carbocycles. The van der Waals surface area contributed by atoms with Crippen LogP contribution < -0.4 is 5.32 Å². The van der Waals surface area contributed by atoms with Gasteiger partial charge in [0.15, 0.2) is 0 Å². The molecular formula is C16H21F3N6O. The van der Waals surface area contributed by atoms with Gasteiger partial charge in [-0.05, 0) is 39.2 Å². The molecule has 3 aliphatic rings. The van der Waals surface area contributed by atoms with Crippen LogP contribution in [-0.2, 0) is 0 Å². The molecule has 2 unspecified atom stereocenters. The summed E-state index contributed by atoms with van der Waals surface area (Å²) in [5, 5.41) is 9.86. The van der Waals surface area contributed by atoms with Crippen LogP contribution in [0.25, 0.3) is 0 Å². The predicted octanol–water partition coefficient (Wildman–Crippen LogP) is 2.51. The van der Waals surface area contributed by atoms with Gasteiger partial charge in [-0.15, -0.1) is 10.2 Å². The molecule has 0 aliphatic carbocycles. The van der Waals surface area contributed by atoms with Gasteiger partial charge in [0.1, 0.15) is 11.5 Å². The molecule has 0 spiro atoms. The molecule has 0 radical (unpaired) electrons. The fourth-order valence-electron chi connectivity index (χ4n) is 4.02. The zero-order chi connectivity index (χ0) is 18.5. The number of carbonyl (C=O) groups is 1. The van der Waals surface area contributed by atoms with Crippen LogP contribution in [0.15, 0.2) is 10.2 Å². The van der Waals surface area contributed by atoms with Crippen LogP contribution in [0.4, 0.5) is 13.2 Å². The largest absolute Gasteiger partial charge is 0.439 e. The Morgan fingerprint density at radius 1 is 1.27 bits per heavy atom. The number of amides is 1. The van der Waals surface area contributed by atoms with E-state index in [1.54, 1.807) is 6.92 Å². The van der Waals surface area contributed by atoms with Crippen molar-refractivity contribution in [2.24, 2.45) is 10.2 Å². The van der Waals surface area contributed by atoms with E-state index in [4.69, 9.17) is 0 Å². The van der Waals surface area contributed by atoms with Crippen molar-refractivity contribution in [3.63, 3.8) is 0 Å². The van der Waals surface area contributed by atoms with E-state index >= 15 is 0 Å². The third kappa shape index (κ3) is 2.70. The Morgan fingerprint density at radius 3 is 2.65 bits per heavy atom. The molecular weight excluding hydrogens is 349 g/mol. The Morgan fingerprint density at radius 2 is 2.04 bits per heavy atom. The van der Waals surface area contributed by atoms with Crippen LogP contribution in [0.5, 0.6) is 0 Å². The van der Waals surface area contributed by atoms with Crippen LogP contribution in [-0.4, -0.2) is 58.3 Å². The zero-order valence-corrected chi connectivity index (χ0v) is 14.4. The molecule has 1 aromatic rings. The minimum atomic E-state index is -4.58. The molecule has 2 fully saturated rings. The first-order valence-electron chi connectivity index (χ1n) is 8.92. The Labute approximate surface area is 148 Å². The lowest BCUT2D eigenvalue weighted by atomic mass is 9.99. The number of hydrogen-bond acceptors (Lipinski definition) is 5. The second-order valence-electron chi connectivity index (χ2n) is 7.22. The van der Waals surface area contributed by atoms with Gasteiger partial charge in [0, 0.05) is 24.7 Å². The highest BCUT2D eigenvalue weighted by molar-refractivity contribution is 5.94. The van der Waals surface area contributed by atoms with Gasteiger partial charge in [-0.1, -0.05) is 0 Å². The number of nitrogens with zero attached hydrogens (tertiary/aromatic N) is 4. The minimum Gasteiger partial charge on any atom is -0.345 e. The molecule has 2 atom stereocenters. The fraction of sp³-hybridized carbons (Fsp3) is 0.750. The maximum atomic E-state index is 13.4. The van der Waals surface area contributed by atoms with Crippen LogP contribution in [0.1, 0.15) is 53.6 Å². The number of carbonyl (C=O) groups excluding carboxylic acids is 1. The lowest BCUT2D eigenvalue weighted by Crippen LogP contribution is -2.52. The predicted molar refractivity (Wildman–Crippen MR) is 85.9 cm³/mol. The average molecular weight is 370 g/mol. The number of aromatic amines is 1. The minimum absolute atomic E-state index is 0.188. The van der Waals surface area contributed by atoms with Crippen LogP contribution in [0.2, 0.25) is 0 Å². The van der Waals surface area contributed by atoms with Gasteiger partial charge in [-0.2, -0.15) is 13.2 Å². The molecule has 4 rings (SSSR count). The molecule has 0 bridgehead atoms. The molecule has 142 valence electrons. The van der Waals surface area contributed by atoms with E-state index in [1.165, 1.54) is 4.90 Å². The number of piperidine rings is 1. The number of rotatable bonds is 3. The number of aromatic nitrogens is 2. The van der Waals surface area contributed by atoms with E-state index in [-0.39, 0.29) is 24.6 Å². The quantitative estimate of drug-likeness (QED) is 0.857. The second kappa shape index (κ2) is 6.04. The highest BCUT2D eigenvalue weighted by Crippen LogP contribution is 2.51. The number of hydrogen-bond donors (Lipinski definition) is 2. The standard InChI is InChI=1S/C16H21F3N6O/c1-9-12(22-13(21-9)10-4-2-6-20-8-10)14(26)25-7-3-5-11(25)15(23-24-15)16(17,18)19/h10-11,20H,2-8H2,1H3,(H,21,22). The zero-order valence-electron chi connectivity index (χ0n) is 14.4. The van der Waals surface area contributed by atoms with Crippen molar-refractivity contribution in [2.45, 2.75) is 56.4 Å². The molecule has 26 heavy (non-hydrogen) atoms. The molecule has 3 aliphatic heterocycles. The summed E-state index contributed by atoms with van der Waals surface area (Å²) in [6.07, 6.45) is -1.85. The Balaban J connectivity index is 1.56. The summed E-state index contributed by atoms with van der Waals surface area (Å²) in [6, 6.07) is -1.08. The summed E-state index contributed by atoms with van der Waals surface area (Å²) in [6.45, 7) is 3.74. The van der Waals surface area contributed by atoms with Crippen molar-refractivity contribution < 1.29 is 18.0 Å². The Hall–Kier alpha value is -1.97. The lowest BCUT2D eigenvalue weighted by molar-refractivity contribution is -0.175. The molecule has 4 heterocycles. The molecule has 2 N–H and O–H groups in total. The van der Waals surface area contributed by atoms with Crippen LogP contribution in [0, 0.1) is 6.92 Å². The third-order valence-electron chi connectivity index (χ3n) is 5.50. The maximum Gasteiger partial charge on any atom is 0.439 e. The number of likely N-dealkylation sites (tertiary alicyclic amines) is 1. The van der Waals surface area contributed by atoms with Crippen molar-refractivity contribution in [1.82, 2.24) is 20.2 Å².